The van der Waals surface area contributed by atoms with Gasteiger partial charge in [-0.15, -0.1) is 0 Å². The first kappa shape index (κ1) is 48.2. The van der Waals surface area contributed by atoms with Crippen LogP contribution in [0.15, 0.2) is 85.1 Å². The Balaban J connectivity index is 4.15. The molecule has 3 N–H and O–H groups in total. The van der Waals surface area contributed by atoms with Gasteiger partial charge in [0.15, 0.2) is 6.10 Å². The lowest BCUT2D eigenvalue weighted by atomic mass is 10.1. The summed E-state index contributed by atoms with van der Waals surface area (Å²) in [4.78, 5) is 42.7. The zero-order valence-corrected chi connectivity index (χ0v) is 32.2. The molecule has 51 heavy (non-hydrogen) atoms. The second-order valence-corrected chi connectivity index (χ2v) is 13.6. The van der Waals surface area contributed by atoms with Gasteiger partial charge in [-0.25, -0.2) is 4.57 Å². The second kappa shape index (κ2) is 35.6. The molecule has 0 spiro atoms. The number of unbranched alkanes of at least 4 members (excludes halogenated alkanes) is 7. The monoisotopic (exact) mass is 734 g/mol. The van der Waals surface area contributed by atoms with E-state index in [2.05, 4.69) is 79.1 Å². The Bertz CT molecular complexity index is 1110. The normalized spacial score (nSPS) is 14.1. The Hall–Kier alpha value is -2.81. The Morgan fingerprint density at radius 3 is 1.71 bits per heavy atom. The van der Waals surface area contributed by atoms with E-state index < -0.39 is 32.5 Å². The molecule has 10 heteroatoms. The van der Waals surface area contributed by atoms with Crippen molar-refractivity contribution >= 4 is 19.8 Å². The Kier molecular flexibility index (Phi) is 33.6. The lowest BCUT2D eigenvalue weighted by Gasteiger charge is -2.18. The largest absolute Gasteiger partial charge is 0.469 e. The van der Waals surface area contributed by atoms with Crippen LogP contribution in [0.2, 0.25) is 0 Å². The van der Waals surface area contributed by atoms with Gasteiger partial charge in [0, 0.05) is 12.8 Å². The van der Waals surface area contributed by atoms with Crippen LogP contribution in [-0.4, -0.2) is 52.3 Å². The van der Waals surface area contributed by atoms with Gasteiger partial charge in [0.05, 0.1) is 12.7 Å². The summed E-state index contributed by atoms with van der Waals surface area (Å²) in [7, 11) is -4.78. The molecule has 0 amide bonds. The van der Waals surface area contributed by atoms with Crippen molar-refractivity contribution in [2.45, 2.75) is 148 Å². The second-order valence-electron chi connectivity index (χ2n) is 12.3. The third-order valence-corrected chi connectivity index (χ3v) is 7.95. The number of aliphatic hydroxyl groups is 1. The number of ether oxygens (including phenoxy) is 2. The molecule has 0 unspecified atom stereocenters. The molecule has 0 aromatic heterocycles. The van der Waals surface area contributed by atoms with E-state index in [4.69, 9.17) is 19.3 Å². The number of rotatable bonds is 33. The zero-order valence-electron chi connectivity index (χ0n) is 31.3. The fraction of sp³-hybridized carbons (Fsp3) is 0.610. The molecule has 0 bridgehead atoms. The van der Waals surface area contributed by atoms with Crippen LogP contribution in [0.3, 0.4) is 0 Å². The number of phosphoric ester groups is 1. The van der Waals surface area contributed by atoms with Crippen molar-refractivity contribution < 1.29 is 43.0 Å². The Morgan fingerprint density at radius 1 is 0.608 bits per heavy atom. The quantitative estimate of drug-likeness (QED) is 0.0260. The molecule has 0 heterocycles. The van der Waals surface area contributed by atoms with E-state index in [0.29, 0.717) is 19.3 Å². The van der Waals surface area contributed by atoms with E-state index in [-0.39, 0.29) is 25.6 Å². The molecule has 0 fully saturated rings. The van der Waals surface area contributed by atoms with Crippen molar-refractivity contribution in [3.63, 3.8) is 0 Å². The van der Waals surface area contributed by atoms with E-state index in [1.165, 1.54) is 0 Å². The maximum absolute atomic E-state index is 12.4. The minimum Gasteiger partial charge on any atom is -0.462 e. The smallest absolute Gasteiger partial charge is 0.462 e. The van der Waals surface area contributed by atoms with Crippen molar-refractivity contribution in [3.05, 3.63) is 85.1 Å². The van der Waals surface area contributed by atoms with Crippen LogP contribution < -0.4 is 0 Å². The molecule has 0 aromatic rings. The number of phosphoric acid groups is 1. The topological polar surface area (TPSA) is 140 Å². The third kappa shape index (κ3) is 38.3. The van der Waals surface area contributed by atoms with E-state index in [9.17, 15) is 19.3 Å². The van der Waals surface area contributed by atoms with Gasteiger partial charge >= 0.3 is 19.8 Å². The molecular formula is C41H67O9P. The average Bonchev–Trinajstić information content (AvgIpc) is 3.09. The number of carbonyl (C=O) groups excluding carboxylic acids is 2. The first-order chi connectivity index (χ1) is 24.7. The predicted molar refractivity (Wildman–Crippen MR) is 208 cm³/mol. The summed E-state index contributed by atoms with van der Waals surface area (Å²) in [6.07, 6.45) is 43.6. The number of hydrogen-bond acceptors (Lipinski definition) is 7. The molecule has 9 nitrogen and oxygen atoms in total. The summed E-state index contributed by atoms with van der Waals surface area (Å²) in [6.45, 7) is 3.33. The zero-order chi connectivity index (χ0) is 37.7. The maximum atomic E-state index is 12.4. The highest BCUT2D eigenvalue weighted by Gasteiger charge is 2.22. The standard InChI is InChI=1S/C41H67O9P/c1-3-5-7-8-9-10-11-12-13-14-19-22-25-28-31-35-41(44)50-39(37-49-51(45,46)47)36-48-40(43)34-30-27-24-21-18-16-15-17-20-23-26-29-33-38(42)32-6-4-2/h5,7,9-10,12-13,15-16,20-21,23-24,29,33,38-39,42H,3-4,6,8,11,14,17-19,22,25-28,30-32,34-37H2,1-2H3,(H2,45,46,47)/b7-5-,10-9-,13-12-,16-15-,23-20-,24-21-,33-29-/t38-,39+/m0/s1. The minimum absolute atomic E-state index is 0.166. The number of aliphatic hydroxyl groups excluding tert-OH is 1. The molecule has 0 aliphatic heterocycles. The summed E-state index contributed by atoms with van der Waals surface area (Å²) >= 11 is 0. The molecule has 0 saturated heterocycles. The SMILES string of the molecule is CC/C=C\C/C=C\C/C=C\CCCCCCCC(=O)O[C@H](COC(=O)CCC/C=C\C/C=C\C/C=C\C/C=C\[C@@H](O)CCCC)COP(=O)(O)O. The Morgan fingerprint density at radius 2 is 1.12 bits per heavy atom. The van der Waals surface area contributed by atoms with Crippen molar-refractivity contribution in [2.75, 3.05) is 13.2 Å². The van der Waals surface area contributed by atoms with E-state index in [0.717, 1.165) is 89.9 Å². The van der Waals surface area contributed by atoms with Gasteiger partial charge in [0.25, 0.3) is 0 Å². The van der Waals surface area contributed by atoms with Crippen LogP contribution in [0.25, 0.3) is 0 Å². The summed E-state index contributed by atoms with van der Waals surface area (Å²) in [5.41, 5.74) is 0. The van der Waals surface area contributed by atoms with Gasteiger partial charge in [-0.2, -0.15) is 0 Å². The van der Waals surface area contributed by atoms with Gasteiger partial charge in [-0.05, 0) is 77.0 Å². The molecular weight excluding hydrogens is 667 g/mol. The van der Waals surface area contributed by atoms with E-state index in [1.54, 1.807) is 0 Å². The fourth-order valence-electron chi connectivity index (χ4n) is 4.63. The first-order valence-corrected chi connectivity index (χ1v) is 20.5. The van der Waals surface area contributed by atoms with Gasteiger partial charge in [0.1, 0.15) is 6.61 Å². The number of carbonyl (C=O) groups is 2. The fourth-order valence-corrected chi connectivity index (χ4v) is 4.99. The highest BCUT2D eigenvalue weighted by atomic mass is 31.2. The van der Waals surface area contributed by atoms with E-state index in [1.807, 2.05) is 24.3 Å². The molecule has 0 rings (SSSR count). The van der Waals surface area contributed by atoms with Gasteiger partial charge in [-0.3, -0.25) is 14.1 Å². The summed E-state index contributed by atoms with van der Waals surface area (Å²) < 4.78 is 26.2. The van der Waals surface area contributed by atoms with Gasteiger partial charge < -0.3 is 24.4 Å². The number of allylic oxidation sites excluding steroid dienone is 13. The van der Waals surface area contributed by atoms with Crippen molar-refractivity contribution in [3.8, 4) is 0 Å². The molecule has 0 saturated carbocycles. The molecule has 2 atom stereocenters. The van der Waals surface area contributed by atoms with Crippen LogP contribution >= 0.6 is 7.82 Å². The molecule has 0 aromatic carbocycles. The lowest BCUT2D eigenvalue weighted by Crippen LogP contribution is -2.29. The van der Waals surface area contributed by atoms with Crippen LogP contribution in [0.4, 0.5) is 0 Å². The summed E-state index contributed by atoms with van der Waals surface area (Å²) in [5.74, 6) is -1.00. The number of esters is 2. The van der Waals surface area contributed by atoms with Gasteiger partial charge in [0.2, 0.25) is 0 Å². The predicted octanol–water partition coefficient (Wildman–Crippen LogP) is 10.3. The first-order valence-electron chi connectivity index (χ1n) is 19.0. The molecule has 0 aliphatic rings. The minimum atomic E-state index is -4.78. The van der Waals surface area contributed by atoms with Crippen LogP contribution in [0, 0.1) is 0 Å². The Labute approximate surface area is 308 Å². The highest BCUT2D eigenvalue weighted by Crippen LogP contribution is 2.35. The van der Waals surface area contributed by atoms with Gasteiger partial charge in [-0.1, -0.05) is 131 Å². The average molecular weight is 735 g/mol. The third-order valence-electron chi connectivity index (χ3n) is 7.47. The summed E-state index contributed by atoms with van der Waals surface area (Å²) in [6, 6.07) is 0. The number of hydrogen-bond donors (Lipinski definition) is 3. The molecule has 290 valence electrons. The van der Waals surface area contributed by atoms with Crippen molar-refractivity contribution in [1.29, 1.82) is 0 Å². The van der Waals surface area contributed by atoms with E-state index >= 15 is 0 Å². The lowest BCUT2D eigenvalue weighted by molar-refractivity contribution is -0.161. The maximum Gasteiger partial charge on any atom is 0.469 e. The molecule has 0 radical (unpaired) electrons. The van der Waals surface area contributed by atoms with Crippen LogP contribution in [-0.2, 0) is 28.2 Å². The van der Waals surface area contributed by atoms with Crippen molar-refractivity contribution in [2.24, 2.45) is 0 Å². The van der Waals surface area contributed by atoms with Crippen LogP contribution in [0.1, 0.15) is 136 Å². The molecule has 0 aliphatic carbocycles. The van der Waals surface area contributed by atoms with Crippen molar-refractivity contribution in [1.82, 2.24) is 0 Å². The summed E-state index contributed by atoms with van der Waals surface area (Å²) in [5, 5.41) is 9.78. The highest BCUT2D eigenvalue weighted by molar-refractivity contribution is 7.46. The van der Waals surface area contributed by atoms with Crippen LogP contribution in [0.5, 0.6) is 0 Å².